The first-order valence-electron chi connectivity index (χ1n) is 7.61. The Hall–Kier alpha value is -2.60. The predicted molar refractivity (Wildman–Crippen MR) is 97.7 cm³/mol. The van der Waals surface area contributed by atoms with Crippen molar-refractivity contribution in [3.8, 4) is 11.5 Å². The van der Waals surface area contributed by atoms with Crippen LogP contribution in [-0.2, 0) is 9.53 Å². The minimum Gasteiger partial charge on any atom is -0.497 e. The fourth-order valence-electron chi connectivity index (χ4n) is 2.26. The molecule has 0 radical (unpaired) electrons. The van der Waals surface area contributed by atoms with Crippen LogP contribution >= 0.6 is 11.3 Å². The molecule has 132 valence electrons. The molecular formula is C19H20O5S. The number of aryl methyl sites for hydroxylation is 2. The van der Waals surface area contributed by atoms with Gasteiger partial charge in [-0.3, -0.25) is 4.79 Å². The van der Waals surface area contributed by atoms with Gasteiger partial charge in [0.05, 0.1) is 14.2 Å². The molecule has 1 aromatic heterocycles. The topological polar surface area (TPSA) is 61.8 Å². The van der Waals surface area contributed by atoms with E-state index < -0.39 is 5.97 Å². The van der Waals surface area contributed by atoms with Crippen molar-refractivity contribution in [1.82, 2.24) is 0 Å². The van der Waals surface area contributed by atoms with Crippen molar-refractivity contribution in [3.05, 3.63) is 51.2 Å². The van der Waals surface area contributed by atoms with Gasteiger partial charge in [-0.25, -0.2) is 4.79 Å². The third-order valence-corrected chi connectivity index (χ3v) is 4.44. The zero-order chi connectivity index (χ0) is 18.4. The van der Waals surface area contributed by atoms with Gasteiger partial charge < -0.3 is 14.2 Å². The van der Waals surface area contributed by atoms with Crippen molar-refractivity contribution in [2.24, 2.45) is 0 Å². The highest BCUT2D eigenvalue weighted by Crippen LogP contribution is 2.23. The van der Waals surface area contributed by atoms with Crippen LogP contribution in [0, 0.1) is 13.8 Å². The quantitative estimate of drug-likeness (QED) is 0.427. The number of hydrogen-bond donors (Lipinski definition) is 0. The summed E-state index contributed by atoms with van der Waals surface area (Å²) in [5.74, 6) is 0.447. The third kappa shape index (κ3) is 5.19. The van der Waals surface area contributed by atoms with E-state index in [9.17, 15) is 9.59 Å². The lowest BCUT2D eigenvalue weighted by Gasteiger charge is -2.05. The molecule has 0 aliphatic carbocycles. The molecule has 0 bridgehead atoms. The van der Waals surface area contributed by atoms with Gasteiger partial charge in [0, 0.05) is 27.5 Å². The molecule has 0 amide bonds. The van der Waals surface area contributed by atoms with Gasteiger partial charge in [0.25, 0.3) is 0 Å². The van der Waals surface area contributed by atoms with Gasteiger partial charge in [0.15, 0.2) is 6.61 Å². The number of Topliss-reactive ketones (excluding diaryl/α,β-unsaturated/α-hetero) is 1. The summed E-state index contributed by atoms with van der Waals surface area (Å²) >= 11 is 1.55. The molecule has 1 aromatic carbocycles. The van der Waals surface area contributed by atoms with Gasteiger partial charge in [-0.15, -0.1) is 11.3 Å². The van der Waals surface area contributed by atoms with Crippen molar-refractivity contribution >= 4 is 29.2 Å². The Morgan fingerprint density at radius 3 is 2.20 bits per heavy atom. The molecule has 2 aromatic rings. The van der Waals surface area contributed by atoms with Crippen LogP contribution in [0.4, 0.5) is 0 Å². The van der Waals surface area contributed by atoms with E-state index in [0.717, 1.165) is 15.3 Å². The zero-order valence-corrected chi connectivity index (χ0v) is 15.4. The minimum absolute atomic E-state index is 0.202. The van der Waals surface area contributed by atoms with Crippen LogP contribution in [0.3, 0.4) is 0 Å². The molecule has 0 saturated carbocycles. The number of benzene rings is 1. The van der Waals surface area contributed by atoms with Crippen molar-refractivity contribution < 1.29 is 23.8 Å². The minimum atomic E-state index is -0.584. The fourth-order valence-corrected chi connectivity index (χ4v) is 3.20. The molecular weight excluding hydrogens is 340 g/mol. The molecule has 2 rings (SSSR count). The van der Waals surface area contributed by atoms with Gasteiger partial charge in [0.2, 0.25) is 5.78 Å². The second-order valence-corrected chi connectivity index (χ2v) is 6.80. The summed E-state index contributed by atoms with van der Waals surface area (Å²) in [7, 11) is 3.10. The second-order valence-electron chi connectivity index (χ2n) is 5.34. The molecule has 6 heteroatoms. The van der Waals surface area contributed by atoms with Crippen LogP contribution in [0.2, 0.25) is 0 Å². The Morgan fingerprint density at radius 1 is 1.04 bits per heavy atom. The van der Waals surface area contributed by atoms with E-state index in [1.807, 2.05) is 19.9 Å². The van der Waals surface area contributed by atoms with E-state index in [-0.39, 0.29) is 12.4 Å². The average Bonchev–Trinajstić information content (AvgIpc) is 2.95. The van der Waals surface area contributed by atoms with Gasteiger partial charge in [-0.1, -0.05) is 0 Å². The lowest BCUT2D eigenvalue weighted by Crippen LogP contribution is -2.12. The highest BCUT2D eigenvalue weighted by molar-refractivity contribution is 7.12. The van der Waals surface area contributed by atoms with Gasteiger partial charge in [-0.05, 0) is 43.7 Å². The maximum absolute atomic E-state index is 12.1. The number of ether oxygens (including phenoxy) is 3. The molecule has 25 heavy (non-hydrogen) atoms. The fraction of sp³-hybridized carbons (Fsp3) is 0.263. The van der Waals surface area contributed by atoms with E-state index in [4.69, 9.17) is 14.2 Å². The standard InChI is InChI=1S/C19H20O5S/c1-12-7-17(13(2)25-12)18(20)11-24-19(21)6-5-14-8-15(22-3)10-16(9-14)23-4/h5-10H,11H2,1-4H3/b6-5+. The Labute approximate surface area is 150 Å². The molecule has 0 aliphatic rings. The van der Waals surface area contributed by atoms with Crippen LogP contribution in [0.25, 0.3) is 6.08 Å². The Morgan fingerprint density at radius 2 is 1.68 bits per heavy atom. The highest BCUT2D eigenvalue weighted by Gasteiger charge is 2.13. The summed E-state index contributed by atoms with van der Waals surface area (Å²) in [5.41, 5.74) is 1.33. The van der Waals surface area contributed by atoms with Crippen molar-refractivity contribution in [2.45, 2.75) is 13.8 Å². The SMILES string of the molecule is COc1cc(/C=C/C(=O)OCC(=O)c2cc(C)sc2C)cc(OC)c1. The number of esters is 1. The van der Waals surface area contributed by atoms with Gasteiger partial charge in [-0.2, -0.15) is 0 Å². The molecule has 0 unspecified atom stereocenters. The Bertz CT molecular complexity index is 782. The van der Waals surface area contributed by atoms with Gasteiger partial charge >= 0.3 is 5.97 Å². The van der Waals surface area contributed by atoms with Crippen LogP contribution in [-0.4, -0.2) is 32.6 Å². The predicted octanol–water partition coefficient (Wildman–Crippen LogP) is 3.82. The molecule has 0 fully saturated rings. The van der Waals surface area contributed by atoms with Crippen molar-refractivity contribution in [1.29, 1.82) is 0 Å². The molecule has 0 N–H and O–H groups in total. The number of hydrogen-bond acceptors (Lipinski definition) is 6. The summed E-state index contributed by atoms with van der Waals surface area (Å²) in [4.78, 5) is 25.9. The molecule has 0 saturated heterocycles. The first-order chi connectivity index (χ1) is 11.9. The largest absolute Gasteiger partial charge is 0.497 e. The zero-order valence-electron chi connectivity index (χ0n) is 14.6. The van der Waals surface area contributed by atoms with E-state index in [1.165, 1.54) is 6.08 Å². The van der Waals surface area contributed by atoms with Crippen molar-refractivity contribution in [3.63, 3.8) is 0 Å². The lowest BCUT2D eigenvalue weighted by molar-refractivity contribution is -0.136. The summed E-state index contributed by atoms with van der Waals surface area (Å²) in [6.45, 7) is 3.54. The number of carbonyl (C=O) groups excluding carboxylic acids is 2. The number of rotatable bonds is 7. The number of ketones is 1. The molecule has 0 spiro atoms. The molecule has 1 heterocycles. The summed E-state index contributed by atoms with van der Waals surface area (Å²) < 4.78 is 15.4. The normalized spacial score (nSPS) is 10.7. The molecule has 0 aliphatic heterocycles. The Kier molecular flexibility index (Phi) is 6.36. The van der Waals surface area contributed by atoms with E-state index in [2.05, 4.69) is 0 Å². The summed E-state index contributed by atoms with van der Waals surface area (Å²) in [6, 6.07) is 7.07. The highest BCUT2D eigenvalue weighted by atomic mass is 32.1. The van der Waals surface area contributed by atoms with Gasteiger partial charge in [0.1, 0.15) is 11.5 Å². The monoisotopic (exact) mass is 360 g/mol. The molecule has 5 nitrogen and oxygen atoms in total. The molecule has 0 atom stereocenters. The second kappa shape index (κ2) is 8.48. The third-order valence-electron chi connectivity index (χ3n) is 3.47. The average molecular weight is 360 g/mol. The lowest BCUT2D eigenvalue weighted by atomic mass is 10.2. The van der Waals surface area contributed by atoms with E-state index in [1.54, 1.807) is 49.8 Å². The van der Waals surface area contributed by atoms with E-state index in [0.29, 0.717) is 17.1 Å². The van der Waals surface area contributed by atoms with Crippen LogP contribution in [0.1, 0.15) is 25.7 Å². The van der Waals surface area contributed by atoms with Crippen LogP contribution < -0.4 is 9.47 Å². The maximum atomic E-state index is 12.1. The summed E-state index contributed by atoms with van der Waals surface area (Å²) in [6.07, 6.45) is 2.85. The number of thiophene rings is 1. The smallest absolute Gasteiger partial charge is 0.331 e. The van der Waals surface area contributed by atoms with E-state index >= 15 is 0 Å². The maximum Gasteiger partial charge on any atom is 0.331 e. The van der Waals surface area contributed by atoms with Crippen LogP contribution in [0.15, 0.2) is 30.3 Å². The van der Waals surface area contributed by atoms with Crippen molar-refractivity contribution in [2.75, 3.05) is 20.8 Å². The first-order valence-corrected chi connectivity index (χ1v) is 8.42. The summed E-state index contributed by atoms with van der Waals surface area (Å²) in [5, 5.41) is 0. The first kappa shape index (κ1) is 18.7. The Balaban J connectivity index is 1.97. The van der Waals surface area contributed by atoms with Crippen LogP contribution in [0.5, 0.6) is 11.5 Å². The number of carbonyl (C=O) groups is 2. The number of methoxy groups -OCH3 is 2.